The quantitative estimate of drug-likeness (QED) is 0.0967. The van der Waals surface area contributed by atoms with Crippen molar-refractivity contribution in [1.29, 1.82) is 0 Å². The smallest absolute Gasteiger partial charge is 0.295 e. The van der Waals surface area contributed by atoms with Crippen molar-refractivity contribution in [2.24, 2.45) is 0 Å². The molecule has 8 rings (SSSR count). The fourth-order valence-electron chi connectivity index (χ4n) is 7.95. The second-order valence-electron chi connectivity index (χ2n) is 14.2. The van der Waals surface area contributed by atoms with Crippen LogP contribution in [0, 0.1) is 0 Å². The van der Waals surface area contributed by atoms with Crippen LogP contribution in [0.4, 0.5) is 0 Å². The van der Waals surface area contributed by atoms with Crippen LogP contribution in [-0.2, 0) is 38.0 Å². The van der Waals surface area contributed by atoms with Gasteiger partial charge in [0, 0.05) is 11.1 Å². The second-order valence-corrected chi connectivity index (χ2v) is 16.8. The Morgan fingerprint density at radius 2 is 0.714 bits per heavy atom. The first-order chi connectivity index (χ1) is 27.7. The van der Waals surface area contributed by atoms with Gasteiger partial charge in [-0.2, -0.15) is 0 Å². The van der Waals surface area contributed by atoms with Gasteiger partial charge in [0.2, 0.25) is 0 Å². The normalized spacial score (nSPS) is 13.4. The fourth-order valence-corrected chi connectivity index (χ4v) is 10.9. The molecule has 0 bridgehead atoms. The maximum absolute atomic E-state index is 6.77. The summed E-state index contributed by atoms with van der Waals surface area (Å²) in [7, 11) is 0.574. The first-order valence-electron chi connectivity index (χ1n) is 19.6. The second kappa shape index (κ2) is 18.3. The molecule has 6 nitrogen and oxygen atoms in total. The van der Waals surface area contributed by atoms with Gasteiger partial charge in [-0.1, -0.05) is 72.8 Å². The van der Waals surface area contributed by atoms with E-state index in [9.17, 15) is 0 Å². The highest BCUT2D eigenvalue weighted by Crippen LogP contribution is 2.55. The zero-order valence-electron chi connectivity index (χ0n) is 32.1. The van der Waals surface area contributed by atoms with Crippen LogP contribution < -0.4 is 27.6 Å². The largest absolute Gasteiger partial charge is 0.496 e. The minimum absolute atomic E-state index is 0.520. The number of rotatable bonds is 15. The number of ether oxygens (including phenoxy) is 2. The molecule has 0 N–H and O–H groups in total. The van der Waals surface area contributed by atoms with Crippen LogP contribution in [0.3, 0.4) is 0 Å². The van der Waals surface area contributed by atoms with E-state index in [1.165, 1.54) is 33.4 Å². The summed E-state index contributed by atoms with van der Waals surface area (Å²) in [5, 5.41) is 0. The summed E-state index contributed by atoms with van der Waals surface area (Å²) in [6.45, 7) is 0. The summed E-state index contributed by atoms with van der Waals surface area (Å²) in [4.78, 5) is 0. The molecular weight excluding hydrogens is 734 g/mol. The number of aryl methyl sites for hydroxylation is 2. The molecule has 0 amide bonds. The molecule has 56 heavy (non-hydrogen) atoms. The molecule has 6 aromatic rings. The molecule has 2 aliphatic rings. The van der Waals surface area contributed by atoms with Gasteiger partial charge >= 0.3 is 0 Å². The molecule has 6 aromatic carbocycles. The third kappa shape index (κ3) is 8.83. The van der Waals surface area contributed by atoms with Crippen molar-refractivity contribution in [2.75, 3.05) is 14.2 Å². The van der Waals surface area contributed by atoms with E-state index in [0.29, 0.717) is 12.3 Å². The maximum Gasteiger partial charge on any atom is 0.295 e. The number of para-hydroxylation sites is 4. The van der Waals surface area contributed by atoms with Gasteiger partial charge in [0.15, 0.2) is 0 Å². The molecule has 0 unspecified atom stereocenters. The van der Waals surface area contributed by atoms with E-state index < -0.39 is 16.8 Å². The third-order valence-electron chi connectivity index (χ3n) is 10.5. The molecule has 0 aromatic heterocycles. The first kappa shape index (κ1) is 37.9. The Morgan fingerprint density at radius 1 is 0.411 bits per heavy atom. The summed E-state index contributed by atoms with van der Waals surface area (Å²) in [5.41, 5.74) is 10.2. The van der Waals surface area contributed by atoms with Crippen molar-refractivity contribution in [3.63, 3.8) is 0 Å². The molecule has 0 heterocycles. The number of hydrogen-bond acceptors (Lipinski definition) is 6. The van der Waals surface area contributed by atoms with Crippen molar-refractivity contribution in [3.05, 3.63) is 167 Å². The predicted octanol–water partition coefficient (Wildman–Crippen LogP) is 13.1. The Kier molecular flexibility index (Phi) is 12.4. The van der Waals surface area contributed by atoms with Gasteiger partial charge in [0.25, 0.3) is 16.8 Å². The van der Waals surface area contributed by atoms with E-state index in [1.807, 2.05) is 121 Å². The van der Waals surface area contributed by atoms with Gasteiger partial charge in [-0.15, -0.1) is 0 Å². The molecule has 8 heteroatoms. The zero-order chi connectivity index (χ0) is 38.1. The van der Waals surface area contributed by atoms with Crippen LogP contribution in [0.25, 0.3) is 11.1 Å². The molecule has 0 saturated carbocycles. The van der Waals surface area contributed by atoms with Crippen LogP contribution in [0.15, 0.2) is 133 Å². The Bertz CT molecular complexity index is 1960. The molecule has 2 aliphatic carbocycles. The molecule has 0 fully saturated rings. The Morgan fingerprint density at radius 3 is 1.02 bits per heavy atom. The van der Waals surface area contributed by atoms with Crippen molar-refractivity contribution in [1.82, 2.24) is 0 Å². The van der Waals surface area contributed by atoms with Crippen LogP contribution in [0.2, 0.25) is 0 Å². The molecular formula is C48H48O6P2. The summed E-state index contributed by atoms with van der Waals surface area (Å²) < 4.78 is 39.8. The zero-order valence-corrected chi connectivity index (χ0v) is 33.9. The van der Waals surface area contributed by atoms with E-state index in [-0.39, 0.29) is 0 Å². The molecule has 0 saturated heterocycles. The van der Waals surface area contributed by atoms with Gasteiger partial charge < -0.3 is 27.6 Å². The van der Waals surface area contributed by atoms with Crippen molar-refractivity contribution < 1.29 is 27.6 Å². The molecule has 0 aliphatic heterocycles. The number of hydrogen-bond donors (Lipinski definition) is 0. The molecule has 0 spiro atoms. The lowest BCUT2D eigenvalue weighted by atomic mass is 9.77. The lowest BCUT2D eigenvalue weighted by Crippen LogP contribution is -2.15. The number of benzene rings is 6. The van der Waals surface area contributed by atoms with Crippen LogP contribution >= 0.6 is 16.8 Å². The van der Waals surface area contributed by atoms with Gasteiger partial charge in [-0.05, 0) is 145 Å². The summed E-state index contributed by atoms with van der Waals surface area (Å²) in [6.07, 6.45) is 9.60. The highest BCUT2D eigenvalue weighted by atomic mass is 31.2. The van der Waals surface area contributed by atoms with Gasteiger partial charge in [0.05, 0.1) is 26.5 Å². The van der Waals surface area contributed by atoms with Crippen molar-refractivity contribution in [2.45, 2.75) is 63.7 Å². The Hall–Kier alpha value is -5.02. The minimum atomic E-state index is -1.50. The van der Waals surface area contributed by atoms with E-state index in [0.717, 1.165) is 97.0 Å². The SMILES string of the molecule is COc1cc2c(c(-c3c4c(cc(OC)c3CP(Oc3ccccc3)Oc3ccccc3)CCCC4)c1CP(Oc1ccccc1)Oc1ccccc1)CCCC2. The summed E-state index contributed by atoms with van der Waals surface area (Å²) in [6, 6.07) is 44.5. The van der Waals surface area contributed by atoms with Gasteiger partial charge in [0.1, 0.15) is 34.5 Å². The number of methoxy groups -OCH3 is 2. The Labute approximate surface area is 333 Å². The minimum Gasteiger partial charge on any atom is -0.496 e. The van der Waals surface area contributed by atoms with Crippen LogP contribution in [-0.4, -0.2) is 14.2 Å². The average Bonchev–Trinajstić information content (AvgIpc) is 3.25. The molecule has 286 valence electrons. The fraction of sp³-hybridized carbons (Fsp3) is 0.250. The standard InChI is InChI=1S/C48H48O6P2/c1-49-45-31-35-19-15-17-29-41(35)47(43(45)33-55(51-37-21-7-3-8-22-37)52-38-23-9-4-10-24-38)48-42-30-18-16-20-36(42)32-46(50-2)44(48)34-56(53-39-25-11-5-12-26-39)54-40-27-13-6-14-28-40/h3-14,21-28,31-32H,15-20,29-30,33-34H2,1-2H3. The van der Waals surface area contributed by atoms with Crippen LogP contribution in [0.1, 0.15) is 59.1 Å². The lowest BCUT2D eigenvalue weighted by molar-refractivity contribution is 0.407. The molecule has 0 radical (unpaired) electrons. The summed E-state index contributed by atoms with van der Waals surface area (Å²) in [5.74, 6) is 4.82. The van der Waals surface area contributed by atoms with Crippen LogP contribution in [0.5, 0.6) is 34.5 Å². The van der Waals surface area contributed by atoms with Gasteiger partial charge in [-0.25, -0.2) is 0 Å². The van der Waals surface area contributed by atoms with Gasteiger partial charge in [-0.3, -0.25) is 0 Å². The highest BCUT2D eigenvalue weighted by molar-refractivity contribution is 7.47. The van der Waals surface area contributed by atoms with Crippen molar-refractivity contribution in [3.8, 4) is 45.6 Å². The van der Waals surface area contributed by atoms with Crippen molar-refractivity contribution >= 4 is 16.8 Å². The van der Waals surface area contributed by atoms with E-state index in [4.69, 9.17) is 27.6 Å². The average molecular weight is 783 g/mol. The van der Waals surface area contributed by atoms with E-state index >= 15 is 0 Å². The van der Waals surface area contributed by atoms with E-state index in [2.05, 4.69) is 12.1 Å². The highest BCUT2D eigenvalue weighted by Gasteiger charge is 2.33. The first-order valence-corrected chi connectivity index (χ1v) is 22.3. The molecule has 0 atom stereocenters. The Balaban J connectivity index is 1.32. The lowest BCUT2D eigenvalue weighted by Gasteiger charge is -2.32. The number of fused-ring (bicyclic) bond motifs is 2. The predicted molar refractivity (Wildman–Crippen MR) is 228 cm³/mol. The van der Waals surface area contributed by atoms with E-state index in [1.54, 1.807) is 14.2 Å². The topological polar surface area (TPSA) is 55.4 Å². The third-order valence-corrected chi connectivity index (χ3v) is 13.3. The maximum atomic E-state index is 6.77. The monoisotopic (exact) mass is 782 g/mol. The summed E-state index contributed by atoms with van der Waals surface area (Å²) >= 11 is 0.